The van der Waals surface area contributed by atoms with Crippen molar-refractivity contribution < 1.29 is 18.3 Å². The van der Waals surface area contributed by atoms with Gasteiger partial charge in [0.15, 0.2) is 0 Å². The van der Waals surface area contributed by atoms with Crippen molar-refractivity contribution in [3.63, 3.8) is 0 Å². The zero-order chi connectivity index (χ0) is 14.9. The lowest BCUT2D eigenvalue weighted by atomic mass is 9.92. The highest BCUT2D eigenvalue weighted by atomic mass is 35.5. The summed E-state index contributed by atoms with van der Waals surface area (Å²) in [6.07, 6.45) is 3.05. The molecule has 1 heterocycles. The normalized spacial score (nSPS) is 22.0. The minimum Gasteiger partial charge on any atom is -0.435 e. The van der Waals surface area contributed by atoms with Crippen LogP contribution in [-0.2, 0) is 4.79 Å². The lowest BCUT2D eigenvalue weighted by Gasteiger charge is -2.23. The Hall–Kier alpha value is -1.40. The van der Waals surface area contributed by atoms with Crippen molar-refractivity contribution in [1.82, 2.24) is 5.32 Å². The number of carbonyl (C=O) groups is 1. The van der Waals surface area contributed by atoms with Gasteiger partial charge in [0.2, 0.25) is 5.91 Å². The number of benzene rings is 1. The van der Waals surface area contributed by atoms with Crippen LogP contribution in [0.1, 0.15) is 19.3 Å². The number of hydrogen-bond donors (Lipinski definition) is 2. The van der Waals surface area contributed by atoms with E-state index in [1.165, 1.54) is 12.1 Å². The summed E-state index contributed by atoms with van der Waals surface area (Å²) in [6, 6.07) is 6.00. The van der Waals surface area contributed by atoms with Gasteiger partial charge in [-0.05, 0) is 62.0 Å². The van der Waals surface area contributed by atoms with Gasteiger partial charge in [0.25, 0.3) is 0 Å². The van der Waals surface area contributed by atoms with Crippen LogP contribution in [0.5, 0.6) is 5.75 Å². The molecule has 4 nitrogen and oxygen atoms in total. The summed E-state index contributed by atoms with van der Waals surface area (Å²) in [7, 11) is 0. The summed E-state index contributed by atoms with van der Waals surface area (Å²) < 4.78 is 28.4. The summed E-state index contributed by atoms with van der Waals surface area (Å²) in [5.41, 5.74) is 0.797. The zero-order valence-corrected chi connectivity index (χ0v) is 12.8. The van der Waals surface area contributed by atoms with E-state index in [2.05, 4.69) is 15.4 Å². The van der Waals surface area contributed by atoms with E-state index in [-0.39, 0.29) is 35.4 Å². The van der Waals surface area contributed by atoms with Crippen LogP contribution in [-0.4, -0.2) is 25.6 Å². The van der Waals surface area contributed by atoms with Crippen LogP contribution in [0.15, 0.2) is 24.3 Å². The molecule has 1 aromatic rings. The number of carbonyl (C=O) groups excluding carboxylic acids is 1. The maximum atomic E-state index is 12.2. The van der Waals surface area contributed by atoms with E-state index >= 15 is 0 Å². The van der Waals surface area contributed by atoms with Crippen LogP contribution in [0.25, 0.3) is 0 Å². The molecule has 0 aromatic heterocycles. The fourth-order valence-electron chi connectivity index (χ4n) is 3.14. The summed E-state index contributed by atoms with van der Waals surface area (Å²) in [4.78, 5) is 12.2. The zero-order valence-electron chi connectivity index (χ0n) is 12.0. The first-order valence-corrected chi connectivity index (χ1v) is 7.16. The smallest absolute Gasteiger partial charge is 0.387 e. The molecule has 1 aromatic carbocycles. The van der Waals surface area contributed by atoms with Gasteiger partial charge in [0, 0.05) is 11.6 Å². The van der Waals surface area contributed by atoms with Crippen molar-refractivity contribution >= 4 is 24.0 Å². The molecule has 1 atom stereocenters. The second-order valence-electron chi connectivity index (χ2n) is 5.76. The van der Waals surface area contributed by atoms with Crippen LogP contribution in [0.4, 0.5) is 14.5 Å². The van der Waals surface area contributed by atoms with Crippen molar-refractivity contribution in [3.8, 4) is 5.75 Å². The highest BCUT2D eigenvalue weighted by Crippen LogP contribution is 2.58. The fraction of sp³-hybridized carbons (Fsp3) is 0.533. The Kier molecular flexibility index (Phi) is 5.24. The van der Waals surface area contributed by atoms with E-state index in [0.717, 1.165) is 32.4 Å². The summed E-state index contributed by atoms with van der Waals surface area (Å²) >= 11 is 0. The average Bonchev–Trinajstić information content (AvgIpc) is 3.15. The molecule has 2 fully saturated rings. The molecule has 1 amide bonds. The van der Waals surface area contributed by atoms with Crippen molar-refractivity contribution in [2.75, 3.05) is 18.4 Å². The predicted octanol–water partition coefficient (Wildman–Crippen LogP) is 3.04. The van der Waals surface area contributed by atoms with Crippen molar-refractivity contribution in [3.05, 3.63) is 24.3 Å². The molecule has 22 heavy (non-hydrogen) atoms. The van der Waals surface area contributed by atoms with Gasteiger partial charge in [-0.2, -0.15) is 8.78 Å². The number of nitrogens with one attached hydrogen (secondary N) is 2. The summed E-state index contributed by atoms with van der Waals surface area (Å²) in [5.74, 6) is 0.195. The quantitative estimate of drug-likeness (QED) is 0.891. The molecule has 1 aliphatic heterocycles. The largest absolute Gasteiger partial charge is 0.435 e. The Labute approximate surface area is 134 Å². The molecule has 1 unspecified atom stereocenters. The standard InChI is InChI=1S/C15H18F2N2O2.ClH/c16-14(17)21-11-3-1-10(2-4-11)19-13(20)12-9-15(12)5-7-18-8-6-15;/h1-4,12,14,18H,5-9H2,(H,19,20);1H. The average molecular weight is 333 g/mol. The summed E-state index contributed by atoms with van der Waals surface area (Å²) in [6.45, 7) is -0.885. The third kappa shape index (κ3) is 3.67. The molecule has 1 saturated heterocycles. The lowest BCUT2D eigenvalue weighted by Crippen LogP contribution is -2.31. The molecule has 2 aliphatic rings. The molecule has 0 bridgehead atoms. The molecule has 2 N–H and O–H groups in total. The van der Waals surface area contributed by atoms with Gasteiger partial charge in [0.05, 0.1) is 0 Å². The number of halogens is 3. The maximum absolute atomic E-state index is 12.2. The van der Waals surface area contributed by atoms with Gasteiger partial charge in [-0.3, -0.25) is 4.79 Å². The van der Waals surface area contributed by atoms with Gasteiger partial charge < -0.3 is 15.4 Å². The van der Waals surface area contributed by atoms with Gasteiger partial charge in [-0.1, -0.05) is 0 Å². The number of piperidine rings is 1. The van der Waals surface area contributed by atoms with E-state index in [1.54, 1.807) is 12.1 Å². The monoisotopic (exact) mass is 332 g/mol. The van der Waals surface area contributed by atoms with Crippen LogP contribution in [0.2, 0.25) is 0 Å². The molecule has 0 radical (unpaired) electrons. The summed E-state index contributed by atoms with van der Waals surface area (Å²) in [5, 5.41) is 6.16. The highest BCUT2D eigenvalue weighted by molar-refractivity contribution is 5.95. The maximum Gasteiger partial charge on any atom is 0.387 e. The first kappa shape index (κ1) is 17.0. The Morgan fingerprint density at radius 1 is 1.27 bits per heavy atom. The fourth-order valence-corrected chi connectivity index (χ4v) is 3.14. The Morgan fingerprint density at radius 3 is 2.50 bits per heavy atom. The molecular weight excluding hydrogens is 314 g/mol. The SMILES string of the molecule is Cl.O=C(Nc1ccc(OC(F)F)cc1)C1CC12CCNCC2. The van der Waals surface area contributed by atoms with E-state index < -0.39 is 6.61 Å². The molecule has 1 aliphatic carbocycles. The molecule has 3 rings (SSSR count). The van der Waals surface area contributed by atoms with E-state index in [0.29, 0.717) is 5.69 Å². The molecule has 1 spiro atoms. The van der Waals surface area contributed by atoms with Gasteiger partial charge in [0.1, 0.15) is 5.75 Å². The topological polar surface area (TPSA) is 50.4 Å². The Bertz CT molecular complexity index is 519. The molecule has 1 saturated carbocycles. The van der Waals surface area contributed by atoms with Crippen molar-refractivity contribution in [2.45, 2.75) is 25.9 Å². The number of anilines is 1. The number of ether oxygens (including phenoxy) is 1. The second kappa shape index (κ2) is 6.79. The van der Waals surface area contributed by atoms with Crippen LogP contribution in [0.3, 0.4) is 0 Å². The molecule has 122 valence electrons. The third-order valence-corrected chi connectivity index (χ3v) is 4.45. The van der Waals surface area contributed by atoms with Crippen LogP contribution >= 0.6 is 12.4 Å². The predicted molar refractivity (Wildman–Crippen MR) is 81.6 cm³/mol. The van der Waals surface area contributed by atoms with Crippen LogP contribution in [0, 0.1) is 11.3 Å². The van der Waals surface area contributed by atoms with Gasteiger partial charge >= 0.3 is 6.61 Å². The van der Waals surface area contributed by atoms with Gasteiger partial charge in [-0.25, -0.2) is 0 Å². The number of hydrogen-bond acceptors (Lipinski definition) is 3. The van der Waals surface area contributed by atoms with Gasteiger partial charge in [-0.15, -0.1) is 12.4 Å². The number of alkyl halides is 2. The first-order chi connectivity index (χ1) is 10.1. The minimum atomic E-state index is -2.84. The van der Waals surface area contributed by atoms with E-state index in [4.69, 9.17) is 0 Å². The van der Waals surface area contributed by atoms with E-state index in [1.807, 2.05) is 0 Å². The second-order valence-corrected chi connectivity index (χ2v) is 5.76. The van der Waals surface area contributed by atoms with Crippen molar-refractivity contribution in [2.24, 2.45) is 11.3 Å². The number of amides is 1. The van der Waals surface area contributed by atoms with Crippen molar-refractivity contribution in [1.29, 1.82) is 0 Å². The molecule has 7 heteroatoms. The highest BCUT2D eigenvalue weighted by Gasteiger charge is 2.57. The Morgan fingerprint density at radius 2 is 1.91 bits per heavy atom. The minimum absolute atomic E-state index is 0. The molecular formula is C15H19ClF2N2O2. The third-order valence-electron chi connectivity index (χ3n) is 4.45. The number of rotatable bonds is 4. The van der Waals surface area contributed by atoms with E-state index in [9.17, 15) is 13.6 Å². The Balaban J connectivity index is 0.00000176. The first-order valence-electron chi connectivity index (χ1n) is 7.16. The lowest BCUT2D eigenvalue weighted by molar-refractivity contribution is -0.118. The van der Waals surface area contributed by atoms with Crippen LogP contribution < -0.4 is 15.4 Å².